The first-order chi connectivity index (χ1) is 13.5. The number of aliphatic carboxylic acids is 1. The van der Waals surface area contributed by atoms with Crippen molar-refractivity contribution in [3.63, 3.8) is 0 Å². The summed E-state index contributed by atoms with van der Waals surface area (Å²) in [5, 5.41) is 10.1. The monoisotopic (exact) mass is 399 g/mol. The average Bonchev–Trinajstić information content (AvgIpc) is 3.00. The van der Waals surface area contributed by atoms with E-state index in [9.17, 15) is 13.2 Å². The van der Waals surface area contributed by atoms with Gasteiger partial charge >= 0.3 is 5.97 Å². The van der Waals surface area contributed by atoms with Gasteiger partial charge in [0.25, 0.3) is 0 Å². The van der Waals surface area contributed by atoms with E-state index in [1.807, 2.05) is 24.3 Å². The van der Waals surface area contributed by atoms with Gasteiger partial charge in [-0.15, -0.1) is 0 Å². The number of fused-ring (bicyclic) bond motifs is 3. The lowest BCUT2D eigenvalue weighted by Crippen LogP contribution is -2.39. The molecule has 0 fully saturated rings. The van der Waals surface area contributed by atoms with Crippen LogP contribution in [0.3, 0.4) is 0 Å². The topological polar surface area (TPSA) is 101 Å². The summed E-state index contributed by atoms with van der Waals surface area (Å²) in [6.45, 7) is 0.415. The summed E-state index contributed by atoms with van der Waals surface area (Å²) in [4.78, 5) is 15.1. The maximum Gasteiger partial charge on any atom is 0.305 e. The molecular weight excluding hydrogens is 378 g/mol. The van der Waals surface area contributed by atoms with Crippen LogP contribution in [-0.4, -0.2) is 35.1 Å². The standard InChI is InChI=1S/C20H21N3O4S/c24-20(25)9-12-23-18-4-2-1-3-16(18)17-13-14(5-6-19(17)23)22-28(26,27)15-7-10-21-11-8-15/h1-4,7-8,10-11,14,22H,5-6,9,12-13H2,(H,24,25)/t14-/m1/s1. The zero-order valence-corrected chi connectivity index (χ0v) is 16.0. The molecule has 2 heterocycles. The van der Waals surface area contributed by atoms with E-state index < -0.39 is 16.0 Å². The van der Waals surface area contributed by atoms with Crippen LogP contribution in [0.15, 0.2) is 53.7 Å². The van der Waals surface area contributed by atoms with Gasteiger partial charge in [-0.3, -0.25) is 9.78 Å². The van der Waals surface area contributed by atoms with E-state index in [2.05, 4.69) is 14.3 Å². The van der Waals surface area contributed by atoms with E-state index in [-0.39, 0.29) is 17.4 Å². The Morgan fingerprint density at radius 3 is 2.71 bits per heavy atom. The second-order valence-electron chi connectivity index (χ2n) is 6.98. The molecule has 0 amide bonds. The van der Waals surface area contributed by atoms with E-state index in [1.54, 1.807) is 0 Å². The third-order valence-corrected chi connectivity index (χ3v) is 6.74. The van der Waals surface area contributed by atoms with Gasteiger partial charge in [0, 0.05) is 41.6 Å². The maximum atomic E-state index is 12.6. The van der Waals surface area contributed by atoms with Gasteiger partial charge in [0.1, 0.15) is 0 Å². The number of aromatic nitrogens is 2. The Bertz CT molecular complexity index is 1120. The van der Waals surface area contributed by atoms with Crippen LogP contribution in [0.1, 0.15) is 24.1 Å². The van der Waals surface area contributed by atoms with Crippen molar-refractivity contribution >= 4 is 26.9 Å². The second-order valence-corrected chi connectivity index (χ2v) is 8.70. The molecule has 1 aliphatic rings. The molecule has 4 rings (SSSR count). The molecule has 146 valence electrons. The first kappa shape index (κ1) is 18.6. The van der Waals surface area contributed by atoms with Crippen LogP contribution < -0.4 is 4.72 Å². The van der Waals surface area contributed by atoms with Gasteiger partial charge in [-0.25, -0.2) is 13.1 Å². The van der Waals surface area contributed by atoms with Crippen LogP contribution >= 0.6 is 0 Å². The highest BCUT2D eigenvalue weighted by molar-refractivity contribution is 7.89. The largest absolute Gasteiger partial charge is 0.481 e. The van der Waals surface area contributed by atoms with Crippen molar-refractivity contribution in [1.82, 2.24) is 14.3 Å². The third kappa shape index (κ3) is 3.53. The van der Waals surface area contributed by atoms with Crippen molar-refractivity contribution in [3.8, 4) is 0 Å². The number of pyridine rings is 1. The highest BCUT2D eigenvalue weighted by atomic mass is 32.2. The summed E-state index contributed by atoms with van der Waals surface area (Å²) in [5.74, 6) is -0.828. The zero-order valence-electron chi connectivity index (χ0n) is 15.2. The van der Waals surface area contributed by atoms with Crippen molar-refractivity contribution < 1.29 is 18.3 Å². The number of carboxylic acids is 1. The van der Waals surface area contributed by atoms with Gasteiger partial charge in [-0.05, 0) is 43.0 Å². The zero-order chi connectivity index (χ0) is 19.7. The Hall–Kier alpha value is -2.71. The average molecular weight is 399 g/mol. The molecule has 28 heavy (non-hydrogen) atoms. The molecule has 0 aliphatic heterocycles. The minimum Gasteiger partial charge on any atom is -0.481 e. The Morgan fingerprint density at radius 1 is 1.21 bits per heavy atom. The van der Waals surface area contributed by atoms with Gasteiger partial charge in [0.05, 0.1) is 11.3 Å². The Kier molecular flexibility index (Phi) is 4.91. The summed E-state index contributed by atoms with van der Waals surface area (Å²) >= 11 is 0. The van der Waals surface area contributed by atoms with Crippen LogP contribution in [0, 0.1) is 0 Å². The van der Waals surface area contributed by atoms with Gasteiger partial charge in [-0.2, -0.15) is 0 Å². The summed E-state index contributed by atoms with van der Waals surface area (Å²) < 4.78 is 30.2. The molecule has 0 unspecified atom stereocenters. The van der Waals surface area contributed by atoms with E-state index in [4.69, 9.17) is 5.11 Å². The normalized spacial score (nSPS) is 16.8. The van der Waals surface area contributed by atoms with Crippen LogP contribution in [0.4, 0.5) is 0 Å². The van der Waals surface area contributed by atoms with E-state index in [1.165, 1.54) is 24.5 Å². The van der Waals surface area contributed by atoms with Gasteiger partial charge in [0.15, 0.2) is 0 Å². The minimum absolute atomic E-state index is 0.0587. The van der Waals surface area contributed by atoms with Gasteiger partial charge in [0.2, 0.25) is 10.0 Å². The van der Waals surface area contributed by atoms with Crippen molar-refractivity contribution in [2.75, 3.05) is 0 Å². The molecule has 8 heteroatoms. The summed E-state index contributed by atoms with van der Waals surface area (Å²) in [7, 11) is -3.60. The molecule has 7 nitrogen and oxygen atoms in total. The lowest BCUT2D eigenvalue weighted by molar-refractivity contribution is -0.137. The Balaban J connectivity index is 1.64. The number of para-hydroxylation sites is 1. The fourth-order valence-electron chi connectivity index (χ4n) is 3.97. The quantitative estimate of drug-likeness (QED) is 0.663. The lowest BCUT2D eigenvalue weighted by atomic mass is 9.92. The number of nitrogens with zero attached hydrogens (tertiary/aromatic N) is 2. The van der Waals surface area contributed by atoms with Crippen LogP contribution in [0.2, 0.25) is 0 Å². The predicted octanol–water partition coefficient (Wildman–Crippen LogP) is 2.35. The first-order valence-electron chi connectivity index (χ1n) is 9.19. The number of nitrogens with one attached hydrogen (secondary N) is 1. The predicted molar refractivity (Wildman–Crippen MR) is 105 cm³/mol. The fourth-order valence-corrected chi connectivity index (χ4v) is 5.23. The van der Waals surface area contributed by atoms with Crippen LogP contribution in [-0.2, 0) is 34.2 Å². The summed E-state index contributed by atoms with van der Waals surface area (Å²) in [6.07, 6.45) is 4.94. The number of carboxylic acid groups (broad SMARTS) is 1. The molecule has 2 N–H and O–H groups in total. The molecular formula is C20H21N3O4S. The maximum absolute atomic E-state index is 12.6. The van der Waals surface area contributed by atoms with E-state index in [0.29, 0.717) is 25.8 Å². The number of aryl methyl sites for hydroxylation is 1. The first-order valence-corrected chi connectivity index (χ1v) is 10.7. The van der Waals surface area contributed by atoms with Crippen LogP contribution in [0.25, 0.3) is 10.9 Å². The molecule has 0 radical (unpaired) electrons. The molecule has 0 saturated heterocycles. The van der Waals surface area contributed by atoms with E-state index >= 15 is 0 Å². The molecule has 2 aromatic heterocycles. The smallest absolute Gasteiger partial charge is 0.305 e. The number of carbonyl (C=O) groups is 1. The fraction of sp³-hybridized carbons (Fsp3) is 0.300. The minimum atomic E-state index is -3.60. The third-order valence-electron chi connectivity index (χ3n) is 5.21. The Morgan fingerprint density at radius 2 is 1.96 bits per heavy atom. The molecule has 1 aromatic carbocycles. The van der Waals surface area contributed by atoms with Crippen molar-refractivity contribution in [3.05, 3.63) is 60.0 Å². The lowest BCUT2D eigenvalue weighted by Gasteiger charge is -2.25. The number of hydrogen-bond donors (Lipinski definition) is 2. The van der Waals surface area contributed by atoms with Crippen molar-refractivity contribution in [2.45, 2.75) is 43.2 Å². The van der Waals surface area contributed by atoms with Gasteiger partial charge < -0.3 is 9.67 Å². The number of sulfonamides is 1. The number of hydrogen-bond acceptors (Lipinski definition) is 4. The summed E-state index contributed by atoms with van der Waals surface area (Å²) in [6, 6.07) is 10.7. The molecule has 0 bridgehead atoms. The molecule has 0 saturated carbocycles. The van der Waals surface area contributed by atoms with Crippen LogP contribution in [0.5, 0.6) is 0 Å². The highest BCUT2D eigenvalue weighted by Gasteiger charge is 2.28. The second kappa shape index (κ2) is 7.37. The molecule has 0 spiro atoms. The number of rotatable bonds is 6. The molecule has 3 aromatic rings. The molecule has 1 atom stereocenters. The number of benzene rings is 1. The van der Waals surface area contributed by atoms with Crippen molar-refractivity contribution in [1.29, 1.82) is 0 Å². The van der Waals surface area contributed by atoms with E-state index in [0.717, 1.165) is 22.2 Å². The molecule has 1 aliphatic carbocycles. The summed E-state index contributed by atoms with van der Waals surface area (Å²) in [5.41, 5.74) is 3.22. The van der Waals surface area contributed by atoms with Gasteiger partial charge in [-0.1, -0.05) is 18.2 Å². The Labute approximate surface area is 163 Å². The SMILES string of the molecule is O=C(O)CCn1c2c(c3ccccc31)C[C@H](NS(=O)(=O)c1ccncc1)CC2. The van der Waals surface area contributed by atoms with Crippen molar-refractivity contribution in [2.24, 2.45) is 0 Å². The highest BCUT2D eigenvalue weighted by Crippen LogP contribution is 2.33.